The summed E-state index contributed by atoms with van der Waals surface area (Å²) in [7, 11) is 0. The Morgan fingerprint density at radius 3 is 1.70 bits per heavy atom. The van der Waals surface area contributed by atoms with Crippen molar-refractivity contribution in [3.8, 4) is 0 Å². The lowest BCUT2D eigenvalue weighted by molar-refractivity contribution is -0.117. The third-order valence-electron chi connectivity index (χ3n) is 4.74. The van der Waals surface area contributed by atoms with E-state index in [1.165, 1.54) is 6.42 Å². The molecule has 0 heterocycles. The molecule has 3 aliphatic rings. The summed E-state index contributed by atoms with van der Waals surface area (Å²) < 4.78 is 0. The molecule has 1 saturated carbocycles. The summed E-state index contributed by atoms with van der Waals surface area (Å²) in [6, 6.07) is 0. The number of carbonyl (C=O) groups is 2. The molecule has 0 amide bonds. The van der Waals surface area contributed by atoms with Gasteiger partial charge in [0.15, 0.2) is 11.6 Å². The molecule has 0 aromatic carbocycles. The minimum Gasteiger partial charge on any atom is -0.294 e. The van der Waals surface area contributed by atoms with Crippen LogP contribution >= 0.6 is 0 Å². The molecule has 1 fully saturated rings. The molecule has 2 nitrogen and oxygen atoms in total. The molecule has 20 heavy (non-hydrogen) atoms. The first-order valence-corrected chi connectivity index (χ1v) is 7.55. The maximum Gasteiger partial charge on any atom is 0.163 e. The van der Waals surface area contributed by atoms with Gasteiger partial charge >= 0.3 is 0 Å². The molecule has 0 saturated heterocycles. The SMILES string of the molecule is O=C1CC=CC=C1C1(C2=CC=CCC2=O)CCCCC1. The highest BCUT2D eigenvalue weighted by Gasteiger charge is 2.44. The van der Waals surface area contributed by atoms with Crippen molar-refractivity contribution in [3.05, 3.63) is 47.6 Å². The van der Waals surface area contributed by atoms with Crippen molar-refractivity contribution < 1.29 is 9.59 Å². The lowest BCUT2D eigenvalue weighted by Crippen LogP contribution is -2.36. The van der Waals surface area contributed by atoms with Gasteiger partial charge in [-0.05, 0) is 12.8 Å². The second-order valence-corrected chi connectivity index (χ2v) is 5.91. The molecule has 0 aromatic heterocycles. The van der Waals surface area contributed by atoms with Crippen LogP contribution in [0.1, 0.15) is 44.9 Å². The van der Waals surface area contributed by atoms with Crippen LogP contribution in [0.15, 0.2) is 47.6 Å². The first-order valence-electron chi connectivity index (χ1n) is 7.55. The maximum absolute atomic E-state index is 12.4. The van der Waals surface area contributed by atoms with E-state index < -0.39 is 0 Å². The summed E-state index contributed by atoms with van der Waals surface area (Å²) >= 11 is 0. The topological polar surface area (TPSA) is 34.1 Å². The second kappa shape index (κ2) is 5.35. The van der Waals surface area contributed by atoms with Gasteiger partial charge in [0.05, 0.1) is 0 Å². The Kier molecular flexibility index (Phi) is 3.56. The molecule has 0 N–H and O–H groups in total. The zero-order chi connectivity index (χ0) is 14.0. The number of rotatable bonds is 2. The molecule has 0 spiro atoms. The van der Waals surface area contributed by atoms with E-state index in [1.54, 1.807) is 0 Å². The number of hydrogen-bond acceptors (Lipinski definition) is 2. The number of carbonyl (C=O) groups excluding carboxylic acids is 2. The predicted molar refractivity (Wildman–Crippen MR) is 79.2 cm³/mol. The normalized spacial score (nSPS) is 25.4. The van der Waals surface area contributed by atoms with Crippen molar-refractivity contribution in [3.63, 3.8) is 0 Å². The van der Waals surface area contributed by atoms with Crippen LogP contribution in [0.4, 0.5) is 0 Å². The van der Waals surface area contributed by atoms with Gasteiger partial charge in [0.25, 0.3) is 0 Å². The Morgan fingerprint density at radius 1 is 0.750 bits per heavy atom. The van der Waals surface area contributed by atoms with Crippen LogP contribution in [0.3, 0.4) is 0 Å². The van der Waals surface area contributed by atoms with Crippen molar-refractivity contribution in [2.24, 2.45) is 5.41 Å². The lowest BCUT2D eigenvalue weighted by Gasteiger charge is -2.41. The first-order chi connectivity index (χ1) is 9.74. The molecule has 0 aromatic rings. The second-order valence-electron chi connectivity index (χ2n) is 5.91. The lowest BCUT2D eigenvalue weighted by atomic mass is 9.61. The third kappa shape index (κ3) is 2.13. The van der Waals surface area contributed by atoms with Crippen molar-refractivity contribution in [1.29, 1.82) is 0 Å². The first kappa shape index (κ1) is 13.3. The van der Waals surface area contributed by atoms with E-state index in [0.29, 0.717) is 12.8 Å². The van der Waals surface area contributed by atoms with Crippen LogP contribution in [-0.2, 0) is 9.59 Å². The minimum atomic E-state index is -0.318. The van der Waals surface area contributed by atoms with E-state index in [-0.39, 0.29) is 17.0 Å². The molecule has 2 heteroatoms. The van der Waals surface area contributed by atoms with E-state index >= 15 is 0 Å². The Bertz CT molecular complexity index is 508. The summed E-state index contributed by atoms with van der Waals surface area (Å²) in [4.78, 5) is 24.7. The number of Topliss-reactive ketones (excluding diaryl/α,β-unsaturated/α-hetero) is 2. The fraction of sp³-hybridized carbons (Fsp3) is 0.444. The van der Waals surface area contributed by atoms with E-state index in [1.807, 2.05) is 36.5 Å². The van der Waals surface area contributed by atoms with Crippen molar-refractivity contribution in [1.82, 2.24) is 0 Å². The highest BCUT2D eigenvalue weighted by molar-refractivity contribution is 6.05. The van der Waals surface area contributed by atoms with Crippen molar-refractivity contribution in [2.45, 2.75) is 44.9 Å². The van der Waals surface area contributed by atoms with Gasteiger partial charge in [-0.2, -0.15) is 0 Å². The molecular weight excluding hydrogens is 248 g/mol. The quantitative estimate of drug-likeness (QED) is 0.762. The molecular formula is C18H20O2. The largest absolute Gasteiger partial charge is 0.294 e. The monoisotopic (exact) mass is 268 g/mol. The van der Waals surface area contributed by atoms with Crippen LogP contribution < -0.4 is 0 Å². The van der Waals surface area contributed by atoms with Crippen LogP contribution in [0.25, 0.3) is 0 Å². The van der Waals surface area contributed by atoms with Gasteiger partial charge in [-0.1, -0.05) is 55.7 Å². The highest BCUT2D eigenvalue weighted by atomic mass is 16.1. The predicted octanol–water partition coefficient (Wildman–Crippen LogP) is 3.85. The molecule has 0 unspecified atom stereocenters. The van der Waals surface area contributed by atoms with Gasteiger partial charge in [-0.3, -0.25) is 9.59 Å². The molecule has 0 bridgehead atoms. The minimum absolute atomic E-state index is 0.192. The van der Waals surface area contributed by atoms with Gasteiger partial charge in [0, 0.05) is 29.4 Å². The van der Waals surface area contributed by atoms with Crippen LogP contribution in [0.2, 0.25) is 0 Å². The summed E-state index contributed by atoms with van der Waals surface area (Å²) in [5.74, 6) is 0.385. The van der Waals surface area contributed by atoms with Crippen molar-refractivity contribution >= 4 is 11.6 Å². The number of ketones is 2. The Balaban J connectivity index is 2.09. The average molecular weight is 268 g/mol. The zero-order valence-corrected chi connectivity index (χ0v) is 11.7. The van der Waals surface area contributed by atoms with E-state index in [2.05, 4.69) is 0 Å². The van der Waals surface area contributed by atoms with Crippen molar-refractivity contribution in [2.75, 3.05) is 0 Å². The Hall–Kier alpha value is -1.70. The molecule has 0 atom stereocenters. The summed E-state index contributed by atoms with van der Waals surface area (Å²) in [5, 5.41) is 0. The van der Waals surface area contributed by atoms with Gasteiger partial charge in [-0.25, -0.2) is 0 Å². The van der Waals surface area contributed by atoms with Gasteiger partial charge in [0.2, 0.25) is 0 Å². The van der Waals surface area contributed by atoms with Gasteiger partial charge in [-0.15, -0.1) is 0 Å². The average Bonchev–Trinajstić information content (AvgIpc) is 2.49. The molecule has 0 aliphatic heterocycles. The van der Waals surface area contributed by atoms with E-state index in [4.69, 9.17) is 0 Å². The van der Waals surface area contributed by atoms with Gasteiger partial charge < -0.3 is 0 Å². The van der Waals surface area contributed by atoms with Crippen LogP contribution in [-0.4, -0.2) is 11.6 Å². The molecule has 3 rings (SSSR count). The summed E-state index contributed by atoms with van der Waals surface area (Å²) in [6.45, 7) is 0. The highest BCUT2D eigenvalue weighted by Crippen LogP contribution is 2.50. The Labute approximate surface area is 119 Å². The van der Waals surface area contributed by atoms with E-state index in [9.17, 15) is 9.59 Å². The zero-order valence-electron chi connectivity index (χ0n) is 11.7. The van der Waals surface area contributed by atoms with Crippen LogP contribution in [0.5, 0.6) is 0 Å². The Morgan fingerprint density at radius 2 is 1.25 bits per heavy atom. The van der Waals surface area contributed by atoms with Crippen LogP contribution in [0, 0.1) is 5.41 Å². The maximum atomic E-state index is 12.4. The fourth-order valence-electron chi connectivity index (χ4n) is 3.78. The number of allylic oxidation sites excluding steroid dienone is 8. The number of hydrogen-bond donors (Lipinski definition) is 0. The standard InChI is InChI=1S/C18H20O2/c19-16-10-4-2-8-14(16)18(12-6-1-7-13-18)15-9-3-5-11-17(15)20/h2-5,8-9H,1,6-7,10-13H2. The molecule has 3 aliphatic carbocycles. The van der Waals surface area contributed by atoms with Gasteiger partial charge in [0.1, 0.15) is 0 Å². The molecule has 104 valence electrons. The molecule has 0 radical (unpaired) electrons. The third-order valence-corrected chi connectivity index (χ3v) is 4.74. The van der Waals surface area contributed by atoms with E-state index in [0.717, 1.165) is 36.8 Å². The summed E-state index contributed by atoms with van der Waals surface area (Å²) in [6.07, 6.45) is 17.9. The summed E-state index contributed by atoms with van der Waals surface area (Å²) in [5.41, 5.74) is 1.42. The smallest absolute Gasteiger partial charge is 0.163 e. The fourth-order valence-corrected chi connectivity index (χ4v) is 3.78.